The Hall–Kier alpha value is -3.62. The molecule has 0 radical (unpaired) electrons. The van der Waals surface area contributed by atoms with Gasteiger partial charge in [0.2, 0.25) is 23.6 Å². The monoisotopic (exact) mass is 761 g/mol. The number of amides is 4. The van der Waals surface area contributed by atoms with Crippen molar-refractivity contribution in [3.8, 4) is 0 Å². The number of rotatable bonds is 21. The first-order chi connectivity index (χ1) is 25.4. The topological polar surface area (TPSA) is 167 Å². The lowest BCUT2D eigenvalue weighted by Crippen LogP contribution is -2.59. The van der Waals surface area contributed by atoms with Gasteiger partial charge in [0.1, 0.15) is 17.9 Å². The summed E-state index contributed by atoms with van der Waals surface area (Å²) in [4.78, 5) is 70.8. The molecule has 0 bridgehead atoms. The molecule has 1 aromatic carbocycles. The van der Waals surface area contributed by atoms with Crippen molar-refractivity contribution in [1.82, 2.24) is 25.8 Å². The fourth-order valence-electron chi connectivity index (χ4n) is 8.15. The predicted molar refractivity (Wildman–Crippen MR) is 203 cm³/mol. The van der Waals surface area contributed by atoms with E-state index in [2.05, 4.69) is 16.0 Å². The number of ether oxygens (including phenoxy) is 2. The van der Waals surface area contributed by atoms with Crippen molar-refractivity contribution >= 4 is 29.6 Å². The Balaban J connectivity index is 1.80. The number of likely N-dealkylation sites (N-methyl/N-ethyl adjacent to an activating group) is 2. The molecule has 8 unspecified atom stereocenters. The number of hydrogen-bond donors (Lipinski definition) is 4. The lowest BCUT2D eigenvalue weighted by Gasteiger charge is -2.41. The molecule has 0 spiro atoms. The van der Waals surface area contributed by atoms with Gasteiger partial charge in [0.05, 0.1) is 42.7 Å². The predicted octanol–water partition coefficient (Wildman–Crippen LogP) is 3.24. The van der Waals surface area contributed by atoms with Crippen LogP contribution < -0.4 is 16.0 Å². The molecule has 11 atom stereocenters. The average Bonchev–Trinajstić information content (AvgIpc) is 3.78. The molecule has 1 aromatic rings. The molecule has 4 N–H and O–H groups in total. The van der Waals surface area contributed by atoms with Crippen LogP contribution in [0.2, 0.25) is 0 Å². The van der Waals surface area contributed by atoms with Crippen LogP contribution >= 0.6 is 0 Å². The second kappa shape index (κ2) is 19.8. The first-order valence-corrected chi connectivity index (χ1v) is 19.3. The number of methoxy groups -OCH3 is 2. The molecule has 13 nitrogen and oxygen atoms in total. The van der Waals surface area contributed by atoms with Crippen LogP contribution in [0.3, 0.4) is 0 Å². The molecule has 4 amide bonds. The Kier molecular flexibility index (Phi) is 16.4. The number of nitrogens with one attached hydrogen (secondary N) is 3. The number of halogens is 1. The highest BCUT2D eigenvalue weighted by molar-refractivity contribution is 5.90. The van der Waals surface area contributed by atoms with E-state index in [1.54, 1.807) is 32.0 Å². The van der Waals surface area contributed by atoms with E-state index >= 15 is 0 Å². The van der Waals surface area contributed by atoms with Crippen LogP contribution in [0.25, 0.3) is 0 Å². The van der Waals surface area contributed by atoms with Crippen LogP contribution in [0.1, 0.15) is 79.7 Å². The number of carboxylic acid groups (broad SMARTS) is 1. The van der Waals surface area contributed by atoms with Gasteiger partial charge in [-0.3, -0.25) is 19.2 Å². The summed E-state index contributed by atoms with van der Waals surface area (Å²) in [7, 11) is 6.42. The van der Waals surface area contributed by atoms with E-state index in [0.29, 0.717) is 18.4 Å². The SMILES string of the molecule is CCC(C)C(C(CC(=O)N1[C@H](C(OC)C(C)C(=O)NC(Cc2cccc(F)c2)C(=O)O)C[C@@H]2C[C@@H]21)OC)N(C)C(=O)C(NC(=O)C(NC)C(C)C)C(C)C. The average molecular weight is 762 g/mol. The number of piperidine rings is 1. The summed E-state index contributed by atoms with van der Waals surface area (Å²) in [6.45, 7) is 13.3. The van der Waals surface area contributed by atoms with Crippen molar-refractivity contribution in [2.45, 2.75) is 129 Å². The molecular formula is C40H64FN5O8. The quantitative estimate of drug-likeness (QED) is 0.147. The molecule has 2 aliphatic rings. The summed E-state index contributed by atoms with van der Waals surface area (Å²) in [5, 5.41) is 18.5. The van der Waals surface area contributed by atoms with Gasteiger partial charge in [0.25, 0.3) is 0 Å². The Bertz CT molecular complexity index is 1460. The Labute approximate surface area is 320 Å². The summed E-state index contributed by atoms with van der Waals surface area (Å²) in [6.07, 6.45) is 0.626. The highest BCUT2D eigenvalue weighted by atomic mass is 19.1. The number of nitrogens with zero attached hydrogens (tertiary/aromatic N) is 2. The largest absolute Gasteiger partial charge is 0.480 e. The van der Waals surface area contributed by atoms with Crippen LogP contribution in [-0.2, 0) is 39.9 Å². The molecule has 3 rings (SSSR count). The van der Waals surface area contributed by atoms with Crippen LogP contribution in [0, 0.1) is 35.4 Å². The summed E-state index contributed by atoms with van der Waals surface area (Å²) in [5.41, 5.74) is 0.431. The van der Waals surface area contributed by atoms with E-state index < -0.39 is 66.0 Å². The van der Waals surface area contributed by atoms with E-state index in [0.717, 1.165) is 6.42 Å². The highest BCUT2D eigenvalue weighted by Crippen LogP contribution is 2.50. The van der Waals surface area contributed by atoms with Crippen molar-refractivity contribution in [3.63, 3.8) is 0 Å². The number of hydrogen-bond acceptors (Lipinski definition) is 8. The van der Waals surface area contributed by atoms with Crippen LogP contribution in [-0.4, -0.2) is 121 Å². The molecule has 1 saturated heterocycles. The number of aliphatic carboxylic acids is 1. The van der Waals surface area contributed by atoms with Crippen molar-refractivity contribution < 1.29 is 42.9 Å². The Morgan fingerprint density at radius 3 is 2.13 bits per heavy atom. The third-order valence-electron chi connectivity index (χ3n) is 11.5. The maximum atomic E-state index is 14.4. The zero-order chi connectivity index (χ0) is 40.6. The Morgan fingerprint density at radius 2 is 1.61 bits per heavy atom. The van der Waals surface area contributed by atoms with Gasteiger partial charge in [0.15, 0.2) is 0 Å². The van der Waals surface area contributed by atoms with Crippen LogP contribution in [0.5, 0.6) is 0 Å². The highest BCUT2D eigenvalue weighted by Gasteiger charge is 2.57. The third kappa shape index (κ3) is 10.8. The second-order valence-electron chi connectivity index (χ2n) is 15.9. The lowest BCUT2D eigenvalue weighted by molar-refractivity contribution is -0.149. The van der Waals surface area contributed by atoms with Crippen LogP contribution in [0.4, 0.5) is 4.39 Å². The molecule has 2 fully saturated rings. The van der Waals surface area contributed by atoms with Gasteiger partial charge < -0.3 is 40.3 Å². The Morgan fingerprint density at radius 1 is 0.963 bits per heavy atom. The number of carbonyl (C=O) groups excluding carboxylic acids is 4. The van der Waals surface area contributed by atoms with Gasteiger partial charge in [-0.25, -0.2) is 9.18 Å². The third-order valence-corrected chi connectivity index (χ3v) is 11.5. The molecule has 304 valence electrons. The minimum absolute atomic E-state index is 0.0105. The minimum Gasteiger partial charge on any atom is -0.480 e. The molecule has 0 aromatic heterocycles. The summed E-state index contributed by atoms with van der Waals surface area (Å²) < 4.78 is 25.7. The molecular weight excluding hydrogens is 697 g/mol. The van der Waals surface area contributed by atoms with Crippen molar-refractivity contribution in [2.24, 2.45) is 29.6 Å². The number of carbonyl (C=O) groups is 5. The maximum absolute atomic E-state index is 14.4. The normalized spacial score (nSPS) is 22.3. The second-order valence-corrected chi connectivity index (χ2v) is 15.9. The standard InChI is InChI=1S/C40H64FN5O8/c1-12-23(6)35(45(9)39(50)34(22(4)5)44-38(49)33(42-8)21(2)3)31(53-10)20-32(47)46-29-18-26(29)19-30(46)36(54-11)24(7)37(48)43-28(40(51)52)17-25-14-13-15-27(41)16-25/h13-16,21-24,26,28-31,33-36,42H,12,17-20H2,1-11H3,(H,43,48)(H,44,49)(H,51,52)/t23?,24?,26-,28?,29-,30-,31?,33?,34?,35?,36?/m0/s1. The molecule has 1 aliphatic carbocycles. The number of benzene rings is 1. The van der Waals surface area contributed by atoms with E-state index in [4.69, 9.17) is 9.47 Å². The lowest BCUT2D eigenvalue weighted by atomic mass is 9.89. The van der Waals surface area contributed by atoms with Gasteiger partial charge in [-0.1, -0.05) is 67.0 Å². The minimum atomic E-state index is -1.29. The van der Waals surface area contributed by atoms with Crippen molar-refractivity contribution in [2.75, 3.05) is 28.3 Å². The molecule has 1 aliphatic heterocycles. The number of fused-ring (bicyclic) bond motifs is 1. The zero-order valence-electron chi connectivity index (χ0n) is 33.9. The first kappa shape index (κ1) is 44.8. The molecule has 1 heterocycles. The van der Waals surface area contributed by atoms with Crippen molar-refractivity contribution in [3.05, 3.63) is 35.6 Å². The van der Waals surface area contributed by atoms with E-state index in [9.17, 15) is 33.5 Å². The summed E-state index contributed by atoms with van der Waals surface area (Å²) >= 11 is 0. The number of carboxylic acids is 1. The summed E-state index contributed by atoms with van der Waals surface area (Å²) in [5.74, 6) is -3.84. The van der Waals surface area contributed by atoms with E-state index in [-0.39, 0.29) is 60.3 Å². The molecule has 54 heavy (non-hydrogen) atoms. The smallest absolute Gasteiger partial charge is 0.326 e. The first-order valence-electron chi connectivity index (χ1n) is 19.3. The van der Waals surface area contributed by atoms with Gasteiger partial charge in [0, 0.05) is 33.7 Å². The van der Waals surface area contributed by atoms with E-state index in [1.165, 1.54) is 32.4 Å². The molecule has 1 saturated carbocycles. The van der Waals surface area contributed by atoms with E-state index in [1.807, 2.05) is 46.4 Å². The zero-order valence-corrected chi connectivity index (χ0v) is 33.9. The summed E-state index contributed by atoms with van der Waals surface area (Å²) in [6, 6.07) is 2.06. The van der Waals surface area contributed by atoms with Crippen LogP contribution in [0.15, 0.2) is 24.3 Å². The fraction of sp³-hybridized carbons (Fsp3) is 0.725. The number of likely N-dealkylation sites (tertiary alicyclic amines) is 1. The maximum Gasteiger partial charge on any atom is 0.326 e. The van der Waals surface area contributed by atoms with Gasteiger partial charge in [-0.05, 0) is 61.3 Å². The van der Waals surface area contributed by atoms with Gasteiger partial charge in [-0.15, -0.1) is 0 Å². The fourth-order valence-corrected chi connectivity index (χ4v) is 8.15. The van der Waals surface area contributed by atoms with Gasteiger partial charge >= 0.3 is 5.97 Å². The van der Waals surface area contributed by atoms with Gasteiger partial charge in [-0.2, -0.15) is 0 Å². The van der Waals surface area contributed by atoms with Crippen molar-refractivity contribution in [1.29, 1.82) is 0 Å². The molecule has 14 heteroatoms.